The van der Waals surface area contributed by atoms with Gasteiger partial charge in [-0.1, -0.05) is 13.0 Å². The summed E-state index contributed by atoms with van der Waals surface area (Å²) in [6.07, 6.45) is 0.728. The first kappa shape index (κ1) is 11.7. The van der Waals surface area contributed by atoms with E-state index in [0.29, 0.717) is 6.42 Å². The number of halogens is 1. The average molecular weight is 210 g/mol. The zero-order valence-electron chi connectivity index (χ0n) is 8.96. The molecule has 0 saturated heterocycles. The second-order valence-corrected chi connectivity index (χ2v) is 3.98. The van der Waals surface area contributed by atoms with E-state index in [9.17, 15) is 9.18 Å². The lowest BCUT2D eigenvalue weighted by molar-refractivity contribution is -0.137. The molecule has 1 aromatic rings. The number of carboxylic acids is 1. The van der Waals surface area contributed by atoms with E-state index in [2.05, 4.69) is 0 Å². The molecular formula is C12H15FO2. The van der Waals surface area contributed by atoms with Crippen molar-refractivity contribution in [1.29, 1.82) is 0 Å². The number of hydrogen-bond donors (Lipinski definition) is 1. The summed E-state index contributed by atoms with van der Waals surface area (Å²) in [6.45, 7) is 3.76. The van der Waals surface area contributed by atoms with E-state index >= 15 is 0 Å². The Morgan fingerprint density at radius 2 is 2.20 bits per heavy atom. The van der Waals surface area contributed by atoms with Crippen LogP contribution in [-0.2, 0) is 11.2 Å². The number of rotatable bonds is 4. The van der Waals surface area contributed by atoms with Crippen LogP contribution in [0.15, 0.2) is 18.2 Å². The Kier molecular flexibility index (Phi) is 3.83. The zero-order chi connectivity index (χ0) is 11.4. The predicted molar refractivity (Wildman–Crippen MR) is 56.3 cm³/mol. The van der Waals surface area contributed by atoms with E-state index in [1.807, 2.05) is 13.8 Å². The molecule has 0 aromatic heterocycles. The molecule has 1 aromatic carbocycles. The van der Waals surface area contributed by atoms with Crippen molar-refractivity contribution in [3.63, 3.8) is 0 Å². The molecule has 0 aliphatic heterocycles. The molecular weight excluding hydrogens is 195 g/mol. The zero-order valence-corrected chi connectivity index (χ0v) is 8.96. The Morgan fingerprint density at radius 1 is 1.53 bits per heavy atom. The van der Waals surface area contributed by atoms with Gasteiger partial charge in [0.1, 0.15) is 5.82 Å². The second kappa shape index (κ2) is 4.91. The van der Waals surface area contributed by atoms with E-state index in [4.69, 9.17) is 5.11 Å². The van der Waals surface area contributed by atoms with Crippen LogP contribution >= 0.6 is 0 Å². The molecule has 2 nitrogen and oxygen atoms in total. The van der Waals surface area contributed by atoms with Crippen LogP contribution in [0, 0.1) is 18.7 Å². The predicted octanol–water partition coefficient (Wildman–Crippen LogP) is 2.79. The quantitative estimate of drug-likeness (QED) is 0.829. The van der Waals surface area contributed by atoms with Crippen LogP contribution in [0.25, 0.3) is 0 Å². The third-order valence-electron chi connectivity index (χ3n) is 2.40. The number of benzene rings is 1. The minimum Gasteiger partial charge on any atom is -0.481 e. The van der Waals surface area contributed by atoms with Gasteiger partial charge < -0.3 is 5.11 Å². The fourth-order valence-corrected chi connectivity index (χ4v) is 1.61. The monoisotopic (exact) mass is 210 g/mol. The number of hydrogen-bond acceptors (Lipinski definition) is 1. The van der Waals surface area contributed by atoms with Gasteiger partial charge in [0.2, 0.25) is 0 Å². The molecule has 0 fully saturated rings. The number of aryl methyl sites for hydroxylation is 1. The van der Waals surface area contributed by atoms with Crippen LogP contribution in [0.2, 0.25) is 0 Å². The standard InChI is InChI=1S/C12H15FO2/c1-8(6-12(14)15)5-10-7-11(13)4-3-9(10)2/h3-4,7-8H,5-6H2,1-2H3,(H,14,15). The molecule has 0 amide bonds. The van der Waals surface area contributed by atoms with Crippen molar-refractivity contribution >= 4 is 5.97 Å². The highest BCUT2D eigenvalue weighted by Gasteiger charge is 2.10. The highest BCUT2D eigenvalue weighted by molar-refractivity contribution is 5.67. The van der Waals surface area contributed by atoms with Crippen LogP contribution in [0.4, 0.5) is 4.39 Å². The van der Waals surface area contributed by atoms with E-state index in [-0.39, 0.29) is 18.2 Å². The molecule has 0 bridgehead atoms. The summed E-state index contributed by atoms with van der Waals surface area (Å²) in [7, 11) is 0. The van der Waals surface area contributed by atoms with Crippen LogP contribution in [-0.4, -0.2) is 11.1 Å². The lowest BCUT2D eigenvalue weighted by Crippen LogP contribution is -2.08. The minimum atomic E-state index is -0.809. The summed E-state index contributed by atoms with van der Waals surface area (Å²) in [4.78, 5) is 10.5. The Morgan fingerprint density at radius 3 is 2.80 bits per heavy atom. The Balaban J connectivity index is 2.71. The van der Waals surface area contributed by atoms with Crippen molar-refractivity contribution in [2.75, 3.05) is 0 Å². The molecule has 0 spiro atoms. The Bertz CT molecular complexity index is 361. The summed E-state index contributed by atoms with van der Waals surface area (Å²) in [5, 5.41) is 8.61. The molecule has 1 atom stereocenters. The Hall–Kier alpha value is -1.38. The molecule has 0 aliphatic carbocycles. The third-order valence-corrected chi connectivity index (χ3v) is 2.40. The fraction of sp³-hybridized carbons (Fsp3) is 0.417. The topological polar surface area (TPSA) is 37.3 Å². The molecule has 15 heavy (non-hydrogen) atoms. The van der Waals surface area contributed by atoms with E-state index < -0.39 is 5.97 Å². The molecule has 1 rings (SSSR count). The van der Waals surface area contributed by atoms with Gasteiger partial charge in [0.05, 0.1) is 0 Å². The van der Waals surface area contributed by atoms with Crippen molar-refractivity contribution in [1.82, 2.24) is 0 Å². The molecule has 0 radical (unpaired) electrons. The lowest BCUT2D eigenvalue weighted by Gasteiger charge is -2.11. The minimum absolute atomic E-state index is 0.0306. The van der Waals surface area contributed by atoms with Gasteiger partial charge in [-0.15, -0.1) is 0 Å². The lowest BCUT2D eigenvalue weighted by atomic mass is 9.95. The molecule has 3 heteroatoms. The van der Waals surface area contributed by atoms with Crippen LogP contribution in [0.3, 0.4) is 0 Å². The first-order valence-electron chi connectivity index (χ1n) is 4.96. The number of carboxylic acid groups (broad SMARTS) is 1. The molecule has 0 aliphatic rings. The summed E-state index contributed by atoms with van der Waals surface area (Å²) in [5.41, 5.74) is 1.90. The van der Waals surface area contributed by atoms with Gasteiger partial charge in [0.25, 0.3) is 0 Å². The van der Waals surface area contributed by atoms with Gasteiger partial charge in [-0.25, -0.2) is 4.39 Å². The highest BCUT2D eigenvalue weighted by atomic mass is 19.1. The van der Waals surface area contributed by atoms with Crippen LogP contribution in [0.1, 0.15) is 24.5 Å². The molecule has 0 heterocycles. The summed E-state index contributed by atoms with van der Waals surface area (Å²) in [6, 6.07) is 4.62. The SMILES string of the molecule is Cc1ccc(F)cc1CC(C)CC(=O)O. The maximum absolute atomic E-state index is 12.9. The van der Waals surface area contributed by atoms with Crippen molar-refractivity contribution in [3.05, 3.63) is 35.1 Å². The molecule has 1 unspecified atom stereocenters. The highest BCUT2D eigenvalue weighted by Crippen LogP contribution is 2.16. The van der Waals surface area contributed by atoms with Gasteiger partial charge in [0, 0.05) is 6.42 Å². The molecule has 82 valence electrons. The first-order valence-corrected chi connectivity index (χ1v) is 4.96. The largest absolute Gasteiger partial charge is 0.481 e. The first-order chi connectivity index (χ1) is 6.99. The van der Waals surface area contributed by atoms with Gasteiger partial charge in [0.15, 0.2) is 0 Å². The second-order valence-electron chi connectivity index (χ2n) is 3.98. The summed E-state index contributed by atoms with van der Waals surface area (Å²) < 4.78 is 12.9. The fourth-order valence-electron chi connectivity index (χ4n) is 1.61. The molecule has 1 N–H and O–H groups in total. The number of carbonyl (C=O) groups is 1. The van der Waals surface area contributed by atoms with Crippen molar-refractivity contribution in [3.8, 4) is 0 Å². The normalized spacial score (nSPS) is 12.5. The van der Waals surface area contributed by atoms with Gasteiger partial charge in [-0.2, -0.15) is 0 Å². The smallest absolute Gasteiger partial charge is 0.303 e. The summed E-state index contributed by atoms with van der Waals surface area (Å²) in [5.74, 6) is -1.04. The third kappa shape index (κ3) is 3.70. The van der Waals surface area contributed by atoms with Gasteiger partial charge in [-0.3, -0.25) is 4.79 Å². The van der Waals surface area contributed by atoms with Crippen LogP contribution in [0.5, 0.6) is 0 Å². The van der Waals surface area contributed by atoms with Crippen molar-refractivity contribution < 1.29 is 14.3 Å². The van der Waals surface area contributed by atoms with Crippen molar-refractivity contribution in [2.45, 2.75) is 26.7 Å². The number of aliphatic carboxylic acids is 1. The van der Waals surface area contributed by atoms with Gasteiger partial charge >= 0.3 is 5.97 Å². The van der Waals surface area contributed by atoms with Gasteiger partial charge in [-0.05, 0) is 42.5 Å². The Labute approximate surface area is 88.7 Å². The maximum Gasteiger partial charge on any atom is 0.303 e. The maximum atomic E-state index is 12.9. The summed E-state index contributed by atoms with van der Waals surface area (Å²) >= 11 is 0. The van der Waals surface area contributed by atoms with E-state index in [1.165, 1.54) is 12.1 Å². The van der Waals surface area contributed by atoms with E-state index in [0.717, 1.165) is 11.1 Å². The average Bonchev–Trinajstić information content (AvgIpc) is 2.10. The molecule has 0 saturated carbocycles. The van der Waals surface area contributed by atoms with Crippen molar-refractivity contribution in [2.24, 2.45) is 5.92 Å². The van der Waals surface area contributed by atoms with Crippen LogP contribution < -0.4 is 0 Å². The van der Waals surface area contributed by atoms with E-state index in [1.54, 1.807) is 6.07 Å².